The number of fused-ring (bicyclic) bond motifs is 5. The molecule has 0 fully saturated rings. The highest BCUT2D eigenvalue weighted by atomic mass is 16.7. The highest BCUT2D eigenvalue weighted by Gasteiger charge is 2.43. The third-order valence-electron chi connectivity index (χ3n) is 6.26. The Morgan fingerprint density at radius 1 is 1.03 bits per heavy atom. The highest BCUT2D eigenvalue weighted by molar-refractivity contribution is 5.97. The van der Waals surface area contributed by atoms with Crippen LogP contribution in [0.2, 0.25) is 0 Å². The summed E-state index contributed by atoms with van der Waals surface area (Å²) in [5.41, 5.74) is 1.80. The van der Waals surface area contributed by atoms with Crippen molar-refractivity contribution < 1.29 is 33.3 Å². The molecule has 2 bridgehead atoms. The van der Waals surface area contributed by atoms with Crippen molar-refractivity contribution in [1.29, 1.82) is 0 Å². The fourth-order valence-electron chi connectivity index (χ4n) is 4.44. The Morgan fingerprint density at radius 2 is 1.81 bits per heavy atom. The van der Waals surface area contributed by atoms with Crippen molar-refractivity contribution >= 4 is 23.5 Å². The second kappa shape index (κ2) is 13.0. The van der Waals surface area contributed by atoms with Gasteiger partial charge in [-0.15, -0.1) is 0 Å². The molecular weight excluding hydrogens is 476 g/mol. The smallest absolute Gasteiger partial charge is 0.338 e. The van der Waals surface area contributed by atoms with E-state index in [-0.39, 0.29) is 25.2 Å². The minimum absolute atomic E-state index is 0.0333. The van der Waals surface area contributed by atoms with E-state index in [4.69, 9.17) is 18.9 Å². The van der Waals surface area contributed by atoms with E-state index < -0.39 is 18.1 Å². The second-order valence-electron chi connectivity index (χ2n) is 8.77. The van der Waals surface area contributed by atoms with E-state index in [1.54, 1.807) is 54.5 Å². The predicted octanol–water partition coefficient (Wildman–Crippen LogP) is 3.55. The lowest BCUT2D eigenvalue weighted by Gasteiger charge is -2.29. The van der Waals surface area contributed by atoms with Crippen molar-refractivity contribution in [2.75, 3.05) is 38.6 Å². The maximum absolute atomic E-state index is 13.4. The van der Waals surface area contributed by atoms with Crippen molar-refractivity contribution in [2.45, 2.75) is 37.8 Å². The first-order valence-corrected chi connectivity index (χ1v) is 12.4. The van der Waals surface area contributed by atoms with Gasteiger partial charge in [-0.3, -0.25) is 9.59 Å². The molecular formula is C28H32N2O7. The Morgan fingerprint density at radius 3 is 2.59 bits per heavy atom. The van der Waals surface area contributed by atoms with Gasteiger partial charge < -0.3 is 29.2 Å². The quantitative estimate of drug-likeness (QED) is 0.239. The molecule has 0 aromatic heterocycles. The summed E-state index contributed by atoms with van der Waals surface area (Å²) in [6, 6.07) is 12.9. The topological polar surface area (TPSA) is 103 Å². The van der Waals surface area contributed by atoms with Gasteiger partial charge in [0.25, 0.3) is 0 Å². The molecule has 37 heavy (non-hydrogen) atoms. The lowest BCUT2D eigenvalue weighted by molar-refractivity contribution is -0.123. The molecule has 4 rings (SSSR count). The fraction of sp³-hybridized carbons (Fsp3) is 0.393. The fourth-order valence-corrected chi connectivity index (χ4v) is 4.44. The highest BCUT2D eigenvalue weighted by Crippen LogP contribution is 2.42. The molecule has 0 saturated heterocycles. The Hall–Kier alpha value is -3.69. The van der Waals surface area contributed by atoms with Gasteiger partial charge in [0.1, 0.15) is 12.4 Å². The summed E-state index contributed by atoms with van der Waals surface area (Å²) in [7, 11) is 1.59. The van der Waals surface area contributed by atoms with E-state index in [2.05, 4.69) is 5.32 Å². The van der Waals surface area contributed by atoms with Crippen LogP contribution in [0.4, 0.5) is 5.69 Å². The number of nitrogens with one attached hydrogen (secondary N) is 1. The van der Waals surface area contributed by atoms with Crippen molar-refractivity contribution in [3.63, 3.8) is 0 Å². The molecule has 0 radical (unpaired) electrons. The Labute approximate surface area is 216 Å². The molecule has 2 aliphatic rings. The summed E-state index contributed by atoms with van der Waals surface area (Å²) in [5, 5.41) is 3.07. The first-order valence-electron chi connectivity index (χ1n) is 12.4. The van der Waals surface area contributed by atoms with Crippen molar-refractivity contribution in [1.82, 2.24) is 5.32 Å². The van der Waals surface area contributed by atoms with Crippen LogP contribution in [0.5, 0.6) is 5.75 Å². The molecule has 2 aromatic rings. The molecule has 2 heterocycles. The van der Waals surface area contributed by atoms with Gasteiger partial charge in [-0.2, -0.15) is 0 Å². The average molecular weight is 509 g/mol. The van der Waals surface area contributed by atoms with Crippen LogP contribution in [0.3, 0.4) is 0 Å². The minimum Gasteiger partial charge on any atom is -0.468 e. The predicted molar refractivity (Wildman–Crippen MR) is 136 cm³/mol. The summed E-state index contributed by atoms with van der Waals surface area (Å²) in [4.78, 5) is 40.6. The first kappa shape index (κ1) is 26.4. The van der Waals surface area contributed by atoms with E-state index in [0.29, 0.717) is 55.9 Å². The summed E-state index contributed by atoms with van der Waals surface area (Å²) < 4.78 is 21.8. The van der Waals surface area contributed by atoms with E-state index in [9.17, 15) is 14.4 Å². The van der Waals surface area contributed by atoms with Crippen LogP contribution in [0.1, 0.15) is 47.6 Å². The molecule has 9 heteroatoms. The van der Waals surface area contributed by atoms with Crippen molar-refractivity contribution in [2.24, 2.45) is 0 Å². The number of carbonyl (C=O) groups excluding carboxylic acids is 3. The van der Waals surface area contributed by atoms with E-state index >= 15 is 0 Å². The van der Waals surface area contributed by atoms with E-state index in [1.165, 1.54) is 0 Å². The number of amides is 2. The zero-order valence-corrected chi connectivity index (χ0v) is 20.9. The maximum Gasteiger partial charge on any atom is 0.338 e. The largest absolute Gasteiger partial charge is 0.468 e. The SMILES string of the molecule is COCCOCOc1ccc2c(c1)[C@@H]1NC(=O)CCC=CCCC(=O)N2[C@@H]1COC(=O)c1ccccc1. The van der Waals surface area contributed by atoms with Crippen molar-refractivity contribution in [3.05, 3.63) is 71.8 Å². The third-order valence-corrected chi connectivity index (χ3v) is 6.26. The minimum atomic E-state index is -0.601. The van der Waals surface area contributed by atoms with Crippen LogP contribution >= 0.6 is 0 Å². The first-order chi connectivity index (χ1) is 18.1. The van der Waals surface area contributed by atoms with Crippen LogP contribution in [0.25, 0.3) is 0 Å². The molecule has 1 N–H and O–H groups in total. The molecule has 9 nitrogen and oxygen atoms in total. The number of hydrogen-bond donors (Lipinski definition) is 1. The van der Waals surface area contributed by atoms with E-state index in [0.717, 1.165) is 5.56 Å². The van der Waals surface area contributed by atoms with Gasteiger partial charge >= 0.3 is 5.97 Å². The van der Waals surface area contributed by atoms with Gasteiger partial charge in [0.05, 0.1) is 30.9 Å². The summed E-state index contributed by atoms with van der Waals surface area (Å²) in [6.45, 7) is 0.805. The third kappa shape index (κ3) is 6.75. The number of carbonyl (C=O) groups is 3. The van der Waals surface area contributed by atoms with Crippen LogP contribution in [0.15, 0.2) is 60.7 Å². The standard InChI is InChI=1S/C28H32N2O7/c1-34-15-16-35-19-37-21-13-14-23-22(17-21)27-24(18-36-28(33)20-9-5-4-6-10-20)30(23)26(32)12-8-3-2-7-11-25(31)29-27/h2-6,9-10,13-14,17,24,27H,7-8,11-12,15-16,18-19H2,1H3,(H,29,31)/t24-,27+/m1/s1. The van der Waals surface area contributed by atoms with Crippen molar-refractivity contribution in [3.8, 4) is 5.75 Å². The molecule has 0 aliphatic carbocycles. The zero-order chi connectivity index (χ0) is 26.0. The molecule has 2 aromatic carbocycles. The number of nitrogens with zero attached hydrogens (tertiary/aromatic N) is 1. The molecule has 0 saturated carbocycles. The number of rotatable bonds is 9. The number of ether oxygens (including phenoxy) is 4. The Balaban J connectivity index is 1.61. The molecule has 2 aliphatic heterocycles. The molecule has 2 amide bonds. The summed E-state index contributed by atoms with van der Waals surface area (Å²) in [5.74, 6) is -0.212. The Bertz CT molecular complexity index is 1120. The molecule has 0 spiro atoms. The normalized spacial score (nSPS) is 19.4. The lowest BCUT2D eigenvalue weighted by Crippen LogP contribution is -2.47. The van der Waals surface area contributed by atoms with E-state index in [1.807, 2.05) is 18.2 Å². The van der Waals surface area contributed by atoms with Crippen LogP contribution in [-0.2, 0) is 23.8 Å². The monoisotopic (exact) mass is 508 g/mol. The maximum atomic E-state index is 13.4. The molecule has 2 atom stereocenters. The number of anilines is 1. The number of methoxy groups -OCH3 is 1. The second-order valence-corrected chi connectivity index (χ2v) is 8.77. The number of hydrogen-bond acceptors (Lipinski definition) is 7. The molecule has 0 unspecified atom stereocenters. The van der Waals surface area contributed by atoms with Gasteiger partial charge in [0, 0.05) is 31.2 Å². The van der Waals surface area contributed by atoms with Crippen LogP contribution in [0, 0.1) is 0 Å². The van der Waals surface area contributed by atoms with Crippen LogP contribution in [-0.4, -0.2) is 57.5 Å². The molecule has 196 valence electrons. The number of allylic oxidation sites excluding steroid dienone is 2. The van der Waals surface area contributed by atoms with Gasteiger partial charge in [0.15, 0.2) is 6.79 Å². The summed E-state index contributed by atoms with van der Waals surface area (Å²) in [6.07, 6.45) is 5.60. The average Bonchev–Trinajstić information content (AvgIpc) is 3.21. The Kier molecular flexibility index (Phi) is 9.29. The summed E-state index contributed by atoms with van der Waals surface area (Å²) >= 11 is 0. The van der Waals surface area contributed by atoms with Gasteiger partial charge in [-0.1, -0.05) is 30.4 Å². The van der Waals surface area contributed by atoms with Gasteiger partial charge in [-0.05, 0) is 43.2 Å². The van der Waals surface area contributed by atoms with Crippen LogP contribution < -0.4 is 15.0 Å². The van der Waals surface area contributed by atoms with Gasteiger partial charge in [-0.25, -0.2) is 4.79 Å². The number of benzene rings is 2. The van der Waals surface area contributed by atoms with Gasteiger partial charge in [0.2, 0.25) is 11.8 Å². The lowest BCUT2D eigenvalue weighted by atomic mass is 10.0. The zero-order valence-electron chi connectivity index (χ0n) is 20.9. The number of esters is 1.